The Kier molecular flexibility index (Phi) is 6.88. The maximum atomic E-state index is 10.2. The second-order valence-electron chi connectivity index (χ2n) is 11.9. The second-order valence-corrected chi connectivity index (χ2v) is 11.9. The Hall–Kier alpha value is -0.560. The van der Waals surface area contributed by atoms with Crippen molar-refractivity contribution in [1.82, 2.24) is 0 Å². The van der Waals surface area contributed by atoms with Crippen LogP contribution in [0.3, 0.4) is 0 Å². The molecule has 170 valence electrons. The molecule has 0 aromatic rings. The van der Waals surface area contributed by atoms with E-state index in [0.29, 0.717) is 10.8 Å². The van der Waals surface area contributed by atoms with Gasteiger partial charge in [-0.1, -0.05) is 57.4 Å². The van der Waals surface area contributed by atoms with Crippen LogP contribution in [0.5, 0.6) is 0 Å². The van der Waals surface area contributed by atoms with Gasteiger partial charge in [0.15, 0.2) is 0 Å². The van der Waals surface area contributed by atoms with Gasteiger partial charge in [-0.25, -0.2) is 0 Å². The Balaban J connectivity index is 1.42. The lowest BCUT2D eigenvalue weighted by Gasteiger charge is -2.58. The first-order chi connectivity index (χ1) is 14.4. The second kappa shape index (κ2) is 9.13. The van der Waals surface area contributed by atoms with E-state index in [1.165, 1.54) is 77.0 Å². The zero-order valence-electron chi connectivity index (χ0n) is 20.4. The van der Waals surface area contributed by atoms with Crippen LogP contribution in [0.1, 0.15) is 118 Å². The average Bonchev–Trinajstić information content (AvgIpc) is 3.05. The van der Waals surface area contributed by atoms with Gasteiger partial charge in [-0.3, -0.25) is 0 Å². The number of aliphatic hydroxyl groups excluding tert-OH is 1. The first kappa shape index (κ1) is 22.6. The van der Waals surface area contributed by atoms with Gasteiger partial charge in [-0.05, 0) is 118 Å². The number of allylic oxidation sites excluding steroid dienone is 3. The highest BCUT2D eigenvalue weighted by Crippen LogP contribution is 2.66. The van der Waals surface area contributed by atoms with Crippen molar-refractivity contribution in [3.8, 4) is 0 Å². The maximum absolute atomic E-state index is 10.2. The molecule has 30 heavy (non-hydrogen) atoms. The summed E-state index contributed by atoms with van der Waals surface area (Å²) in [5.41, 5.74) is 4.32. The van der Waals surface area contributed by atoms with E-state index in [0.717, 1.165) is 36.5 Å². The highest BCUT2D eigenvalue weighted by atomic mass is 16.3. The van der Waals surface area contributed by atoms with Gasteiger partial charge >= 0.3 is 0 Å². The van der Waals surface area contributed by atoms with Crippen LogP contribution in [0.15, 0.2) is 23.3 Å². The van der Waals surface area contributed by atoms with Gasteiger partial charge in [0.2, 0.25) is 0 Å². The van der Waals surface area contributed by atoms with Gasteiger partial charge in [-0.2, -0.15) is 0 Å². The van der Waals surface area contributed by atoms with Crippen LogP contribution in [-0.2, 0) is 0 Å². The van der Waals surface area contributed by atoms with Gasteiger partial charge in [0, 0.05) is 0 Å². The largest absolute Gasteiger partial charge is 0.393 e. The minimum absolute atomic E-state index is 0.0788. The third-order valence-corrected chi connectivity index (χ3v) is 10.4. The van der Waals surface area contributed by atoms with Crippen LogP contribution in [0.25, 0.3) is 0 Å². The SMILES string of the molecule is CC/C=C(\CCC)CCCC1CCC2C3CC=C4CC(O)CCC4(C)C3CCC12C. The number of hydrogen-bond acceptors (Lipinski definition) is 1. The predicted molar refractivity (Wildman–Crippen MR) is 128 cm³/mol. The summed E-state index contributed by atoms with van der Waals surface area (Å²) in [6.45, 7) is 9.86. The lowest BCUT2D eigenvalue weighted by Crippen LogP contribution is -2.50. The molecule has 1 nitrogen and oxygen atoms in total. The number of fused-ring (bicyclic) bond motifs is 5. The van der Waals surface area contributed by atoms with Crippen LogP contribution in [0.4, 0.5) is 0 Å². The van der Waals surface area contributed by atoms with E-state index in [4.69, 9.17) is 0 Å². The van der Waals surface area contributed by atoms with Crippen LogP contribution in [0, 0.1) is 34.5 Å². The van der Waals surface area contributed by atoms with E-state index >= 15 is 0 Å². The molecule has 4 aliphatic rings. The molecule has 0 aromatic heterocycles. The van der Waals surface area contributed by atoms with Crippen LogP contribution >= 0.6 is 0 Å². The minimum Gasteiger partial charge on any atom is -0.393 e. The summed E-state index contributed by atoms with van der Waals surface area (Å²) < 4.78 is 0. The highest BCUT2D eigenvalue weighted by Gasteiger charge is 2.58. The molecule has 0 aliphatic heterocycles. The van der Waals surface area contributed by atoms with Crippen molar-refractivity contribution in [3.63, 3.8) is 0 Å². The van der Waals surface area contributed by atoms with Crippen LogP contribution in [-0.4, -0.2) is 11.2 Å². The van der Waals surface area contributed by atoms with E-state index in [1.54, 1.807) is 11.1 Å². The monoisotopic (exact) mass is 412 g/mol. The van der Waals surface area contributed by atoms with Crippen LogP contribution < -0.4 is 0 Å². The predicted octanol–water partition coefficient (Wildman–Crippen LogP) is 8.23. The number of rotatable bonds is 7. The summed E-state index contributed by atoms with van der Waals surface area (Å²) in [7, 11) is 0. The molecule has 3 saturated carbocycles. The lowest BCUT2D eigenvalue weighted by molar-refractivity contribution is -0.0508. The molecule has 7 unspecified atom stereocenters. The molecule has 0 spiro atoms. The molecule has 4 rings (SSSR count). The van der Waals surface area contributed by atoms with E-state index in [-0.39, 0.29) is 6.10 Å². The molecule has 3 fully saturated rings. The Morgan fingerprint density at radius 2 is 1.90 bits per heavy atom. The molecule has 4 aliphatic carbocycles. The molecule has 7 atom stereocenters. The smallest absolute Gasteiger partial charge is 0.0577 e. The normalized spacial score (nSPS) is 43.6. The average molecular weight is 413 g/mol. The van der Waals surface area contributed by atoms with Gasteiger partial charge in [-0.15, -0.1) is 0 Å². The molecule has 0 amide bonds. The summed E-state index contributed by atoms with van der Waals surface area (Å²) in [6.07, 6.45) is 23.4. The molecule has 0 radical (unpaired) electrons. The first-order valence-electron chi connectivity index (χ1n) is 13.5. The van der Waals surface area contributed by atoms with E-state index in [9.17, 15) is 5.11 Å². The fourth-order valence-corrected chi connectivity index (χ4v) is 8.74. The molecule has 1 N–H and O–H groups in total. The summed E-state index contributed by atoms with van der Waals surface area (Å²) >= 11 is 0. The van der Waals surface area contributed by atoms with Gasteiger partial charge < -0.3 is 5.11 Å². The molecular weight excluding hydrogens is 364 g/mol. The van der Waals surface area contributed by atoms with Crippen molar-refractivity contribution < 1.29 is 5.11 Å². The van der Waals surface area contributed by atoms with Crippen molar-refractivity contribution in [3.05, 3.63) is 23.3 Å². The Bertz CT molecular complexity index is 659. The third-order valence-electron chi connectivity index (χ3n) is 10.4. The molecule has 1 heteroatoms. The fraction of sp³-hybridized carbons (Fsp3) is 0.862. The molecule has 0 saturated heterocycles. The number of hydrogen-bond donors (Lipinski definition) is 1. The standard InChI is InChI=1S/C29H48O/c1-5-8-21(9-6-2)10-7-11-22-13-15-26-25-14-12-23-20-24(30)16-18-29(23,4)27(25)17-19-28(22,26)3/h8,12,22,24-27,30H,5-7,9-11,13-20H2,1-4H3/b21-8+. The Labute approximate surface area is 186 Å². The van der Waals surface area contributed by atoms with Crippen molar-refractivity contribution in [1.29, 1.82) is 0 Å². The summed E-state index contributed by atoms with van der Waals surface area (Å²) in [4.78, 5) is 0. The zero-order chi connectivity index (χ0) is 21.4. The maximum Gasteiger partial charge on any atom is 0.0577 e. The summed E-state index contributed by atoms with van der Waals surface area (Å²) in [5.74, 6) is 3.70. The topological polar surface area (TPSA) is 20.2 Å². The van der Waals surface area contributed by atoms with E-state index in [1.807, 2.05) is 0 Å². The van der Waals surface area contributed by atoms with Crippen molar-refractivity contribution in [2.45, 2.75) is 124 Å². The fourth-order valence-electron chi connectivity index (χ4n) is 8.74. The molecule has 0 aromatic carbocycles. The van der Waals surface area contributed by atoms with Gasteiger partial charge in [0.25, 0.3) is 0 Å². The summed E-state index contributed by atoms with van der Waals surface area (Å²) in [5, 5.41) is 10.2. The minimum atomic E-state index is -0.0788. The van der Waals surface area contributed by atoms with Gasteiger partial charge in [0.1, 0.15) is 0 Å². The lowest BCUT2D eigenvalue weighted by atomic mass is 9.47. The van der Waals surface area contributed by atoms with Crippen molar-refractivity contribution in [2.24, 2.45) is 34.5 Å². The van der Waals surface area contributed by atoms with Crippen molar-refractivity contribution >= 4 is 0 Å². The third kappa shape index (κ3) is 3.98. The molecule has 0 bridgehead atoms. The Morgan fingerprint density at radius 3 is 2.67 bits per heavy atom. The first-order valence-corrected chi connectivity index (χ1v) is 13.5. The molecule has 0 heterocycles. The number of aliphatic hydroxyl groups is 1. The zero-order valence-corrected chi connectivity index (χ0v) is 20.4. The Morgan fingerprint density at radius 1 is 1.07 bits per heavy atom. The highest BCUT2D eigenvalue weighted by molar-refractivity contribution is 5.25. The van der Waals surface area contributed by atoms with E-state index < -0.39 is 0 Å². The van der Waals surface area contributed by atoms with Crippen LogP contribution in [0.2, 0.25) is 0 Å². The van der Waals surface area contributed by atoms with E-state index in [2.05, 4.69) is 39.8 Å². The summed E-state index contributed by atoms with van der Waals surface area (Å²) in [6, 6.07) is 0. The molecular formula is C29H48O. The van der Waals surface area contributed by atoms with Crippen molar-refractivity contribution in [2.75, 3.05) is 0 Å². The van der Waals surface area contributed by atoms with Gasteiger partial charge in [0.05, 0.1) is 6.10 Å². The quantitative estimate of drug-likeness (QED) is 0.417.